The van der Waals surface area contributed by atoms with Gasteiger partial charge in [-0.2, -0.15) is 0 Å². The Bertz CT molecular complexity index is 702. The highest BCUT2D eigenvalue weighted by atomic mass is 16.3. The molecule has 0 bridgehead atoms. The van der Waals surface area contributed by atoms with Crippen molar-refractivity contribution in [2.45, 2.75) is 39.7 Å². The van der Waals surface area contributed by atoms with Crippen molar-refractivity contribution in [2.75, 3.05) is 13.1 Å². The van der Waals surface area contributed by atoms with E-state index in [1.165, 1.54) is 0 Å². The molecule has 2 N–H and O–H groups in total. The number of rotatable bonds is 1. The molecule has 1 saturated heterocycles. The molecular formula is C17H22N2O2. The predicted molar refractivity (Wildman–Crippen MR) is 83.5 cm³/mol. The van der Waals surface area contributed by atoms with Gasteiger partial charge in [-0.05, 0) is 44.7 Å². The van der Waals surface area contributed by atoms with Gasteiger partial charge in [0.2, 0.25) is 0 Å². The lowest BCUT2D eigenvalue weighted by molar-refractivity contribution is 0.0678. The van der Waals surface area contributed by atoms with E-state index in [4.69, 9.17) is 10.2 Å². The van der Waals surface area contributed by atoms with Crippen molar-refractivity contribution in [1.29, 1.82) is 0 Å². The van der Waals surface area contributed by atoms with Crippen LogP contribution in [0.4, 0.5) is 0 Å². The van der Waals surface area contributed by atoms with E-state index in [-0.39, 0.29) is 11.9 Å². The number of piperidine rings is 1. The molecule has 1 amide bonds. The Hall–Kier alpha value is -1.81. The third-order valence-corrected chi connectivity index (χ3v) is 4.42. The zero-order valence-electron chi connectivity index (χ0n) is 12.9. The van der Waals surface area contributed by atoms with Gasteiger partial charge in [0.05, 0.1) is 0 Å². The van der Waals surface area contributed by atoms with Crippen LogP contribution in [0.5, 0.6) is 0 Å². The van der Waals surface area contributed by atoms with Gasteiger partial charge < -0.3 is 15.1 Å². The van der Waals surface area contributed by atoms with Gasteiger partial charge in [0.1, 0.15) is 5.58 Å². The highest BCUT2D eigenvalue weighted by Gasteiger charge is 2.27. The Morgan fingerprint density at radius 2 is 2.00 bits per heavy atom. The lowest BCUT2D eigenvalue weighted by Gasteiger charge is -2.30. The highest BCUT2D eigenvalue weighted by Crippen LogP contribution is 2.31. The minimum atomic E-state index is -0.0300. The summed E-state index contributed by atoms with van der Waals surface area (Å²) in [5.74, 6) is 0.439. The number of likely N-dealkylation sites (tertiary alicyclic amines) is 1. The summed E-state index contributed by atoms with van der Waals surface area (Å²) in [7, 11) is 0. The summed E-state index contributed by atoms with van der Waals surface area (Å²) in [6, 6.07) is 4.19. The second-order valence-electron chi connectivity index (χ2n) is 6.11. The fourth-order valence-corrected chi connectivity index (χ4v) is 3.22. The van der Waals surface area contributed by atoms with Crippen molar-refractivity contribution in [3.05, 3.63) is 34.6 Å². The molecule has 1 aromatic heterocycles. The largest absolute Gasteiger partial charge is 0.450 e. The number of benzene rings is 1. The second kappa shape index (κ2) is 5.19. The smallest absolute Gasteiger partial charge is 0.289 e. The molecule has 1 aromatic carbocycles. The zero-order valence-corrected chi connectivity index (χ0v) is 12.9. The van der Waals surface area contributed by atoms with Crippen LogP contribution in [-0.2, 0) is 0 Å². The van der Waals surface area contributed by atoms with Crippen LogP contribution >= 0.6 is 0 Å². The number of nitrogens with two attached hydrogens (primary N) is 1. The molecule has 0 aliphatic carbocycles. The number of nitrogens with zero attached hydrogens (tertiary/aromatic N) is 1. The monoisotopic (exact) mass is 286 g/mol. The molecule has 1 fully saturated rings. The fraction of sp³-hybridized carbons (Fsp3) is 0.471. The second-order valence-corrected chi connectivity index (χ2v) is 6.11. The quantitative estimate of drug-likeness (QED) is 0.877. The van der Waals surface area contributed by atoms with Crippen LogP contribution in [0, 0.1) is 20.8 Å². The first-order valence-electron chi connectivity index (χ1n) is 7.53. The van der Waals surface area contributed by atoms with Gasteiger partial charge in [-0.1, -0.05) is 12.1 Å². The van der Waals surface area contributed by atoms with Crippen LogP contribution in [0.15, 0.2) is 16.5 Å². The van der Waals surface area contributed by atoms with Gasteiger partial charge in [-0.15, -0.1) is 0 Å². The Labute approximate surface area is 124 Å². The first-order chi connectivity index (χ1) is 9.99. The number of carbonyl (C=O) groups is 1. The molecule has 1 aliphatic heterocycles. The maximum Gasteiger partial charge on any atom is 0.289 e. The Kier molecular flexibility index (Phi) is 3.49. The van der Waals surface area contributed by atoms with E-state index < -0.39 is 0 Å². The summed E-state index contributed by atoms with van der Waals surface area (Å²) < 4.78 is 5.93. The van der Waals surface area contributed by atoms with Gasteiger partial charge in [0, 0.05) is 30.1 Å². The van der Waals surface area contributed by atoms with Gasteiger partial charge in [-0.3, -0.25) is 4.79 Å². The number of furan rings is 1. The number of aryl methyl sites for hydroxylation is 3. The molecule has 3 rings (SSSR count). The number of amides is 1. The van der Waals surface area contributed by atoms with E-state index in [0.29, 0.717) is 12.3 Å². The standard InChI is InChI=1S/C17H22N2O2/c1-10-6-7-11(2)15-14(10)12(3)16(21-15)17(20)19-8-4-5-13(18)9-19/h6-7,13H,4-5,8-9,18H2,1-3H3. The van der Waals surface area contributed by atoms with Crippen molar-refractivity contribution in [3.63, 3.8) is 0 Å². The molecule has 112 valence electrons. The lowest BCUT2D eigenvalue weighted by atomic mass is 10.0. The van der Waals surface area contributed by atoms with E-state index in [1.54, 1.807) is 0 Å². The Morgan fingerprint density at radius 1 is 1.29 bits per heavy atom. The van der Waals surface area contributed by atoms with Gasteiger partial charge in [-0.25, -0.2) is 0 Å². The molecule has 2 heterocycles. The zero-order chi connectivity index (χ0) is 15.1. The number of hydrogen-bond acceptors (Lipinski definition) is 3. The van der Waals surface area contributed by atoms with Gasteiger partial charge in [0.25, 0.3) is 5.91 Å². The maximum atomic E-state index is 12.7. The normalized spacial score (nSPS) is 19.2. The van der Waals surface area contributed by atoms with E-state index in [1.807, 2.05) is 24.8 Å². The third kappa shape index (κ3) is 2.33. The molecule has 0 radical (unpaired) electrons. The van der Waals surface area contributed by atoms with Crippen LogP contribution < -0.4 is 5.73 Å². The van der Waals surface area contributed by atoms with E-state index in [2.05, 4.69) is 13.0 Å². The third-order valence-electron chi connectivity index (χ3n) is 4.42. The van der Waals surface area contributed by atoms with Crippen molar-refractivity contribution in [1.82, 2.24) is 4.90 Å². The molecule has 0 spiro atoms. The van der Waals surface area contributed by atoms with Crippen molar-refractivity contribution < 1.29 is 9.21 Å². The molecule has 4 heteroatoms. The van der Waals surface area contributed by atoms with E-state index in [0.717, 1.165) is 47.0 Å². The van der Waals surface area contributed by atoms with Gasteiger partial charge >= 0.3 is 0 Å². The summed E-state index contributed by atoms with van der Waals surface area (Å²) in [6.45, 7) is 7.41. The summed E-state index contributed by atoms with van der Waals surface area (Å²) in [6.07, 6.45) is 1.95. The topological polar surface area (TPSA) is 59.5 Å². The average Bonchev–Trinajstić information content (AvgIpc) is 2.81. The average molecular weight is 286 g/mol. The Morgan fingerprint density at radius 3 is 2.67 bits per heavy atom. The summed E-state index contributed by atoms with van der Waals surface area (Å²) in [5, 5.41) is 1.07. The summed E-state index contributed by atoms with van der Waals surface area (Å²) in [4.78, 5) is 14.6. The molecular weight excluding hydrogens is 264 g/mol. The van der Waals surface area contributed by atoms with Crippen molar-refractivity contribution in [3.8, 4) is 0 Å². The molecule has 21 heavy (non-hydrogen) atoms. The van der Waals surface area contributed by atoms with Crippen LogP contribution in [0.2, 0.25) is 0 Å². The van der Waals surface area contributed by atoms with Crippen LogP contribution in [0.25, 0.3) is 11.0 Å². The first-order valence-corrected chi connectivity index (χ1v) is 7.53. The van der Waals surface area contributed by atoms with Crippen molar-refractivity contribution in [2.24, 2.45) is 5.73 Å². The molecule has 1 unspecified atom stereocenters. The summed E-state index contributed by atoms with van der Waals surface area (Å²) in [5.41, 5.74) is 9.96. The molecule has 0 saturated carbocycles. The first kappa shape index (κ1) is 14.1. The molecule has 2 aromatic rings. The van der Waals surface area contributed by atoms with Crippen LogP contribution in [0.1, 0.15) is 40.1 Å². The minimum Gasteiger partial charge on any atom is -0.450 e. The summed E-state index contributed by atoms with van der Waals surface area (Å²) >= 11 is 0. The Balaban J connectivity index is 2.04. The van der Waals surface area contributed by atoms with E-state index >= 15 is 0 Å². The predicted octanol–water partition coefficient (Wildman–Crippen LogP) is 2.92. The number of hydrogen-bond donors (Lipinski definition) is 1. The van der Waals surface area contributed by atoms with E-state index in [9.17, 15) is 4.79 Å². The SMILES string of the molecule is Cc1ccc(C)c2c(C)c(C(=O)N3CCCC(N)C3)oc12. The molecule has 1 aliphatic rings. The maximum absolute atomic E-state index is 12.7. The number of carbonyl (C=O) groups excluding carboxylic acids is 1. The minimum absolute atomic E-state index is 0.0300. The fourth-order valence-electron chi connectivity index (χ4n) is 3.22. The lowest BCUT2D eigenvalue weighted by Crippen LogP contribution is -2.45. The van der Waals surface area contributed by atoms with Crippen molar-refractivity contribution >= 4 is 16.9 Å². The molecule has 1 atom stereocenters. The van der Waals surface area contributed by atoms with Gasteiger partial charge in [0.15, 0.2) is 5.76 Å². The number of fused-ring (bicyclic) bond motifs is 1. The molecule has 4 nitrogen and oxygen atoms in total. The highest BCUT2D eigenvalue weighted by molar-refractivity contribution is 6.00. The van der Waals surface area contributed by atoms with Crippen LogP contribution in [-0.4, -0.2) is 29.9 Å². The van der Waals surface area contributed by atoms with Crippen LogP contribution in [0.3, 0.4) is 0 Å².